The highest BCUT2D eigenvalue weighted by molar-refractivity contribution is 7.46. The molecule has 1 heterocycles. The number of anilines is 1. The van der Waals surface area contributed by atoms with Gasteiger partial charge in [-0.1, -0.05) is 25.1 Å². The Bertz CT molecular complexity index is 1050. The van der Waals surface area contributed by atoms with E-state index < -0.39 is 7.82 Å². The maximum absolute atomic E-state index is 11.5. The van der Waals surface area contributed by atoms with Gasteiger partial charge in [0, 0.05) is 48.8 Å². The quantitative estimate of drug-likeness (QED) is 0.468. The number of phosphoric ester groups is 1. The summed E-state index contributed by atoms with van der Waals surface area (Å²) in [7, 11) is 3.37. The molecule has 0 bridgehead atoms. The van der Waals surface area contributed by atoms with E-state index in [0.717, 1.165) is 46.4 Å². The van der Waals surface area contributed by atoms with Crippen LogP contribution in [0.5, 0.6) is 5.75 Å². The van der Waals surface area contributed by atoms with Crippen molar-refractivity contribution in [2.24, 2.45) is 0 Å². The van der Waals surface area contributed by atoms with Gasteiger partial charge in [-0.15, -0.1) is 0 Å². The average molecular weight is 431 g/mol. The number of phosphoric acid groups is 1. The molecule has 8 heteroatoms. The van der Waals surface area contributed by atoms with E-state index in [0.29, 0.717) is 0 Å². The zero-order valence-electron chi connectivity index (χ0n) is 18.1. The van der Waals surface area contributed by atoms with Gasteiger partial charge in [-0.3, -0.25) is 9.79 Å². The summed E-state index contributed by atoms with van der Waals surface area (Å²) < 4.78 is 16.6. The van der Waals surface area contributed by atoms with E-state index in [1.54, 1.807) is 12.1 Å². The highest BCUT2D eigenvalue weighted by Gasteiger charge is 2.24. The third-order valence-corrected chi connectivity index (χ3v) is 5.73. The van der Waals surface area contributed by atoms with Crippen molar-refractivity contribution in [2.45, 2.75) is 19.3 Å². The number of likely N-dealkylation sites (N-methyl/N-ethyl adjacent to an activating group) is 1. The Kier molecular flexibility index (Phi) is 6.58. The number of fused-ring (bicyclic) bond motifs is 1. The number of aromatic nitrogens is 1. The lowest BCUT2D eigenvalue weighted by molar-refractivity contribution is 0.284. The van der Waals surface area contributed by atoms with Crippen LogP contribution in [0.25, 0.3) is 10.9 Å². The number of hydrogen-bond acceptors (Lipinski definition) is 4. The van der Waals surface area contributed by atoms with Crippen LogP contribution < -0.4 is 9.42 Å². The van der Waals surface area contributed by atoms with Crippen LogP contribution in [0.2, 0.25) is 0 Å². The predicted molar refractivity (Wildman–Crippen MR) is 122 cm³/mol. The second-order valence-electron chi connectivity index (χ2n) is 8.04. The van der Waals surface area contributed by atoms with E-state index in [2.05, 4.69) is 46.0 Å². The van der Waals surface area contributed by atoms with Crippen LogP contribution in [0.1, 0.15) is 29.7 Å². The molecule has 0 aliphatic carbocycles. The summed E-state index contributed by atoms with van der Waals surface area (Å²) in [6.45, 7) is 2.94. The molecule has 7 nitrogen and oxygen atoms in total. The van der Waals surface area contributed by atoms with Crippen molar-refractivity contribution in [2.75, 3.05) is 39.6 Å². The lowest BCUT2D eigenvalue weighted by atomic mass is 9.93. The van der Waals surface area contributed by atoms with Gasteiger partial charge < -0.3 is 19.3 Å². The molecule has 0 radical (unpaired) electrons. The highest BCUT2D eigenvalue weighted by atomic mass is 31.2. The molecule has 0 aliphatic heterocycles. The van der Waals surface area contributed by atoms with E-state index in [9.17, 15) is 14.4 Å². The molecular weight excluding hydrogens is 401 g/mol. The van der Waals surface area contributed by atoms with E-state index >= 15 is 0 Å². The second-order valence-corrected chi connectivity index (χ2v) is 9.20. The molecule has 0 saturated heterocycles. The summed E-state index contributed by atoms with van der Waals surface area (Å²) >= 11 is 0. The topological polar surface area (TPSA) is 89.0 Å². The molecule has 3 aromatic rings. The molecule has 1 atom stereocenters. The van der Waals surface area contributed by atoms with Crippen LogP contribution >= 0.6 is 7.82 Å². The molecular formula is C22H30N3O4P. The molecule has 3 N–H and O–H groups in total. The Morgan fingerprint density at radius 1 is 1.07 bits per heavy atom. The van der Waals surface area contributed by atoms with Gasteiger partial charge in [-0.05, 0) is 55.9 Å². The third-order valence-electron chi connectivity index (χ3n) is 5.29. The smallest absolute Gasteiger partial charge is 0.404 e. The van der Waals surface area contributed by atoms with Crippen LogP contribution in [0.3, 0.4) is 0 Å². The largest absolute Gasteiger partial charge is 0.524 e. The molecule has 2 aromatic carbocycles. The van der Waals surface area contributed by atoms with E-state index in [1.165, 1.54) is 0 Å². The van der Waals surface area contributed by atoms with Crippen molar-refractivity contribution in [3.8, 4) is 5.75 Å². The maximum atomic E-state index is 11.5. The summed E-state index contributed by atoms with van der Waals surface area (Å²) in [5, 5.41) is 0.731. The van der Waals surface area contributed by atoms with Crippen molar-refractivity contribution in [1.29, 1.82) is 0 Å². The Labute approximate surface area is 177 Å². The molecule has 0 fully saturated rings. The van der Waals surface area contributed by atoms with Crippen molar-refractivity contribution < 1.29 is 18.9 Å². The predicted octanol–water partition coefficient (Wildman–Crippen LogP) is 3.96. The first-order chi connectivity index (χ1) is 14.1. The maximum Gasteiger partial charge on any atom is 0.524 e. The van der Waals surface area contributed by atoms with E-state index in [-0.39, 0.29) is 11.7 Å². The zero-order valence-corrected chi connectivity index (χ0v) is 19.0. The van der Waals surface area contributed by atoms with Gasteiger partial charge in [0.1, 0.15) is 5.75 Å². The molecule has 3 rings (SSSR count). The van der Waals surface area contributed by atoms with Crippen molar-refractivity contribution in [3.63, 3.8) is 0 Å². The average Bonchev–Trinajstić information content (AvgIpc) is 3.04. The molecule has 0 saturated carbocycles. The normalized spacial score (nSPS) is 13.1. The summed E-state index contributed by atoms with van der Waals surface area (Å²) in [5.41, 5.74) is 5.16. The minimum atomic E-state index is -4.67. The number of nitrogens with one attached hydrogen (secondary N) is 1. The third kappa shape index (κ3) is 5.05. The molecule has 1 aromatic heterocycles. The second kappa shape index (κ2) is 8.82. The lowest BCUT2D eigenvalue weighted by Gasteiger charge is -2.18. The summed E-state index contributed by atoms with van der Waals surface area (Å²) in [4.78, 5) is 26.4. The van der Waals surface area contributed by atoms with Crippen molar-refractivity contribution >= 4 is 24.4 Å². The molecule has 1 unspecified atom stereocenters. The number of rotatable bonds is 8. The van der Waals surface area contributed by atoms with Gasteiger partial charge in [0.15, 0.2) is 0 Å². The highest BCUT2D eigenvalue weighted by Crippen LogP contribution is 2.43. The Morgan fingerprint density at radius 3 is 2.30 bits per heavy atom. The van der Waals surface area contributed by atoms with Crippen LogP contribution in [0, 0.1) is 0 Å². The molecule has 162 valence electrons. The van der Waals surface area contributed by atoms with E-state index in [4.69, 9.17) is 4.52 Å². The molecule has 30 heavy (non-hydrogen) atoms. The zero-order chi connectivity index (χ0) is 22.1. The SMILES string of the molecule is CC(c1ccc(N(C)C)cc1)c1[nH]c2cccc(OP(=O)(O)O)c2c1CCN(C)C. The monoisotopic (exact) mass is 431 g/mol. The van der Waals surface area contributed by atoms with Crippen LogP contribution in [-0.4, -0.2) is 54.4 Å². The number of benzene rings is 2. The molecule has 0 spiro atoms. The summed E-state index contributed by atoms with van der Waals surface area (Å²) in [6.07, 6.45) is 0.726. The number of aromatic amines is 1. The van der Waals surface area contributed by atoms with Crippen LogP contribution in [-0.2, 0) is 11.0 Å². The number of nitrogens with zero attached hydrogens (tertiary/aromatic N) is 2. The molecule has 0 amide bonds. The van der Waals surface area contributed by atoms with Gasteiger partial charge in [-0.2, -0.15) is 0 Å². The van der Waals surface area contributed by atoms with Gasteiger partial charge in [0.05, 0.1) is 0 Å². The van der Waals surface area contributed by atoms with Crippen molar-refractivity contribution in [3.05, 3.63) is 59.3 Å². The minimum absolute atomic E-state index is 0.0775. The van der Waals surface area contributed by atoms with Crippen molar-refractivity contribution in [1.82, 2.24) is 9.88 Å². The fourth-order valence-corrected chi connectivity index (χ4v) is 4.11. The molecule has 0 aliphatic rings. The summed E-state index contributed by atoms with van der Waals surface area (Å²) in [5.74, 6) is 0.279. The lowest BCUT2D eigenvalue weighted by Crippen LogP contribution is -2.16. The fraction of sp³-hybridized carbons (Fsp3) is 0.364. The summed E-state index contributed by atoms with van der Waals surface area (Å²) in [6, 6.07) is 13.7. The van der Waals surface area contributed by atoms with E-state index in [1.807, 2.05) is 34.3 Å². The first-order valence-electron chi connectivity index (χ1n) is 9.87. The van der Waals surface area contributed by atoms with Crippen LogP contribution in [0.4, 0.5) is 5.69 Å². The number of H-pyrrole nitrogens is 1. The Morgan fingerprint density at radius 2 is 1.73 bits per heavy atom. The first-order valence-corrected chi connectivity index (χ1v) is 11.4. The minimum Gasteiger partial charge on any atom is -0.404 e. The van der Waals surface area contributed by atoms with Gasteiger partial charge in [0.25, 0.3) is 0 Å². The van der Waals surface area contributed by atoms with Gasteiger partial charge in [-0.25, -0.2) is 4.57 Å². The Balaban J connectivity index is 2.11. The van der Waals surface area contributed by atoms with Gasteiger partial charge >= 0.3 is 7.82 Å². The first kappa shape index (κ1) is 22.4. The Hall–Kier alpha value is -2.31. The fourth-order valence-electron chi connectivity index (χ4n) is 3.70. The van der Waals surface area contributed by atoms with Crippen LogP contribution in [0.15, 0.2) is 42.5 Å². The number of hydrogen-bond donors (Lipinski definition) is 3. The van der Waals surface area contributed by atoms with Gasteiger partial charge in [0.2, 0.25) is 0 Å². The standard InChI is InChI=1S/C22H30N3O4P/c1-15(16-9-11-17(12-10-16)25(4)5)22-18(13-14-24(2)3)21-19(23-22)7-6-8-20(21)29-30(26,27)28/h6-12,15,23H,13-14H2,1-5H3,(H2,26,27,28).